The second kappa shape index (κ2) is 8.23. The summed E-state index contributed by atoms with van der Waals surface area (Å²) in [6.07, 6.45) is 1.79. The minimum Gasteiger partial charge on any atom is -0.633 e. The van der Waals surface area contributed by atoms with E-state index >= 15 is 0 Å². The Bertz CT molecular complexity index is 970. The van der Waals surface area contributed by atoms with E-state index in [1.807, 2.05) is 52.0 Å². The van der Waals surface area contributed by atoms with Crippen LogP contribution >= 0.6 is 0 Å². The Morgan fingerprint density at radius 1 is 1.21 bits per heavy atom. The number of fused-ring (bicyclic) bond motifs is 1. The maximum atomic E-state index is 12.7. The van der Waals surface area contributed by atoms with E-state index in [9.17, 15) is 14.8 Å². The van der Waals surface area contributed by atoms with Gasteiger partial charge in [0, 0.05) is 22.6 Å². The lowest BCUT2D eigenvalue weighted by molar-refractivity contribution is -0.875. The van der Waals surface area contributed by atoms with Crippen molar-refractivity contribution < 1.29 is 14.2 Å². The molecule has 2 heterocycles. The summed E-state index contributed by atoms with van der Waals surface area (Å²) in [5, 5.41) is 18.1. The molecule has 1 aromatic heterocycles. The van der Waals surface area contributed by atoms with Gasteiger partial charge in [0.1, 0.15) is 0 Å². The first-order valence-electron chi connectivity index (χ1n) is 9.96. The maximum Gasteiger partial charge on any atom is 0.256 e. The molecule has 7 nitrogen and oxygen atoms in total. The Balaban J connectivity index is 1.81. The van der Waals surface area contributed by atoms with E-state index < -0.39 is 0 Å². The SMILES string of the molecule is CC[N+]([O-])(CC)CCNC(=O)c1c(C)[nH]c(/C=C2\C(=O)Nc3ccccc32)c1C. The van der Waals surface area contributed by atoms with E-state index in [0.717, 1.165) is 28.2 Å². The highest BCUT2D eigenvalue weighted by Crippen LogP contribution is 2.33. The number of nitrogens with one attached hydrogen (secondary N) is 3. The van der Waals surface area contributed by atoms with Gasteiger partial charge in [-0.15, -0.1) is 0 Å². The van der Waals surface area contributed by atoms with Gasteiger partial charge in [-0.25, -0.2) is 0 Å². The number of anilines is 1. The average molecular weight is 396 g/mol. The van der Waals surface area contributed by atoms with Crippen LogP contribution < -0.4 is 10.6 Å². The van der Waals surface area contributed by atoms with Crippen molar-refractivity contribution in [3.8, 4) is 0 Å². The first-order valence-corrected chi connectivity index (χ1v) is 9.96. The second-order valence-corrected chi connectivity index (χ2v) is 7.39. The number of amides is 2. The molecule has 3 N–H and O–H groups in total. The highest BCUT2D eigenvalue weighted by molar-refractivity contribution is 6.34. The molecule has 1 aromatic carbocycles. The lowest BCUT2D eigenvalue weighted by Crippen LogP contribution is -2.46. The second-order valence-electron chi connectivity index (χ2n) is 7.39. The Morgan fingerprint density at radius 3 is 2.59 bits per heavy atom. The van der Waals surface area contributed by atoms with Crippen LogP contribution in [0.25, 0.3) is 11.6 Å². The Labute approximate surface area is 171 Å². The molecule has 1 aliphatic rings. The van der Waals surface area contributed by atoms with Gasteiger partial charge in [0.15, 0.2) is 0 Å². The maximum absolute atomic E-state index is 12.7. The number of hydrogen-bond donors (Lipinski definition) is 3. The van der Waals surface area contributed by atoms with Crippen molar-refractivity contribution >= 4 is 29.2 Å². The zero-order chi connectivity index (χ0) is 21.2. The largest absolute Gasteiger partial charge is 0.633 e. The number of H-pyrrole nitrogens is 1. The normalized spacial score (nSPS) is 14.8. The monoisotopic (exact) mass is 396 g/mol. The number of likely N-dealkylation sites (N-methyl/N-ethyl adjacent to an activating group) is 1. The van der Waals surface area contributed by atoms with Gasteiger partial charge in [0.05, 0.1) is 37.3 Å². The average Bonchev–Trinajstić information content (AvgIpc) is 3.17. The van der Waals surface area contributed by atoms with Crippen LogP contribution in [0.3, 0.4) is 0 Å². The first-order chi connectivity index (χ1) is 13.8. The fourth-order valence-corrected chi connectivity index (χ4v) is 3.69. The molecule has 2 amide bonds. The number of quaternary nitrogens is 1. The summed E-state index contributed by atoms with van der Waals surface area (Å²) in [5.74, 6) is -0.372. The minimum absolute atomic E-state index is 0.160. The predicted molar refractivity (Wildman–Crippen MR) is 115 cm³/mol. The first kappa shape index (κ1) is 20.8. The van der Waals surface area contributed by atoms with Gasteiger partial charge in [-0.05, 0) is 45.4 Å². The smallest absolute Gasteiger partial charge is 0.256 e. The summed E-state index contributed by atoms with van der Waals surface area (Å²) in [6.45, 7) is 9.03. The van der Waals surface area contributed by atoms with Crippen LogP contribution in [-0.2, 0) is 4.79 Å². The van der Waals surface area contributed by atoms with Crippen LogP contribution in [0.2, 0.25) is 0 Å². The summed E-state index contributed by atoms with van der Waals surface area (Å²) in [4.78, 5) is 28.3. The lowest BCUT2D eigenvalue weighted by Gasteiger charge is -2.41. The van der Waals surface area contributed by atoms with Crippen LogP contribution in [0, 0.1) is 19.1 Å². The Morgan fingerprint density at radius 2 is 1.90 bits per heavy atom. The number of hydroxylamine groups is 3. The van der Waals surface area contributed by atoms with Crippen molar-refractivity contribution in [3.63, 3.8) is 0 Å². The van der Waals surface area contributed by atoms with Crippen molar-refractivity contribution in [2.75, 3.05) is 31.5 Å². The van der Waals surface area contributed by atoms with Crippen molar-refractivity contribution in [1.29, 1.82) is 0 Å². The van der Waals surface area contributed by atoms with Crippen molar-refractivity contribution in [1.82, 2.24) is 10.3 Å². The lowest BCUT2D eigenvalue weighted by atomic mass is 10.0. The molecule has 1 aliphatic heterocycles. The molecular weight excluding hydrogens is 368 g/mol. The molecule has 0 saturated heterocycles. The van der Waals surface area contributed by atoms with Crippen LogP contribution in [0.1, 0.15) is 46.7 Å². The number of hydrogen-bond acceptors (Lipinski definition) is 3. The third-order valence-corrected chi connectivity index (χ3v) is 5.66. The highest BCUT2D eigenvalue weighted by atomic mass is 16.5. The molecule has 0 atom stereocenters. The van der Waals surface area contributed by atoms with E-state index in [2.05, 4.69) is 15.6 Å². The Hall–Kier alpha value is -2.90. The number of aromatic nitrogens is 1. The molecule has 154 valence electrons. The van der Waals surface area contributed by atoms with Crippen molar-refractivity contribution in [2.45, 2.75) is 27.7 Å². The van der Waals surface area contributed by atoms with Crippen LogP contribution in [0.15, 0.2) is 24.3 Å². The van der Waals surface area contributed by atoms with Crippen LogP contribution in [0.5, 0.6) is 0 Å². The van der Waals surface area contributed by atoms with Gasteiger partial charge in [0.2, 0.25) is 0 Å². The van der Waals surface area contributed by atoms with E-state index in [4.69, 9.17) is 0 Å². The fourth-order valence-electron chi connectivity index (χ4n) is 3.69. The summed E-state index contributed by atoms with van der Waals surface area (Å²) >= 11 is 0. The van der Waals surface area contributed by atoms with E-state index in [1.165, 1.54) is 0 Å². The number of para-hydroxylation sites is 1. The number of carbonyl (C=O) groups excluding carboxylic acids is 2. The molecule has 0 bridgehead atoms. The molecule has 0 radical (unpaired) electrons. The molecule has 3 rings (SSSR count). The van der Waals surface area contributed by atoms with Crippen LogP contribution in [-0.4, -0.2) is 47.6 Å². The molecular formula is C22H28N4O3. The third-order valence-electron chi connectivity index (χ3n) is 5.66. The molecule has 2 aromatic rings. The molecule has 0 unspecified atom stereocenters. The summed E-state index contributed by atoms with van der Waals surface area (Å²) < 4.78 is -0.322. The zero-order valence-corrected chi connectivity index (χ0v) is 17.4. The number of carbonyl (C=O) groups is 2. The molecule has 0 saturated carbocycles. The number of nitrogens with zero attached hydrogens (tertiary/aromatic N) is 1. The molecule has 29 heavy (non-hydrogen) atoms. The van der Waals surface area contributed by atoms with Gasteiger partial charge in [-0.2, -0.15) is 0 Å². The number of aryl methyl sites for hydroxylation is 1. The number of aromatic amines is 1. The minimum atomic E-state index is -0.322. The van der Waals surface area contributed by atoms with Gasteiger partial charge >= 0.3 is 0 Å². The number of rotatable bonds is 7. The standard InChI is InChI=1S/C22H28N4O3/c1-5-26(29,6-2)12-11-23-22(28)20-14(3)19(24-15(20)4)13-17-16-9-7-8-10-18(16)25-21(17)27/h7-10,13,24H,5-6,11-12H2,1-4H3,(H,23,28)(H,25,27)/b17-13-. The van der Waals surface area contributed by atoms with Crippen molar-refractivity contribution in [3.05, 3.63) is 57.6 Å². The quantitative estimate of drug-likeness (QED) is 0.381. The van der Waals surface area contributed by atoms with E-state index in [-0.39, 0.29) is 16.5 Å². The molecule has 7 heteroatoms. The van der Waals surface area contributed by atoms with E-state index in [1.54, 1.807) is 6.08 Å². The topological polar surface area (TPSA) is 97.0 Å². The molecule has 0 aliphatic carbocycles. The highest BCUT2D eigenvalue weighted by Gasteiger charge is 2.25. The zero-order valence-electron chi connectivity index (χ0n) is 17.4. The summed E-state index contributed by atoms with van der Waals surface area (Å²) in [6, 6.07) is 7.52. The van der Waals surface area contributed by atoms with Gasteiger partial charge in [-0.3, -0.25) is 9.59 Å². The van der Waals surface area contributed by atoms with E-state index in [0.29, 0.717) is 37.3 Å². The fraction of sp³-hybridized carbons (Fsp3) is 0.364. The summed E-state index contributed by atoms with van der Waals surface area (Å²) in [5.41, 5.74) is 4.99. The summed E-state index contributed by atoms with van der Waals surface area (Å²) in [7, 11) is 0. The van der Waals surface area contributed by atoms with Gasteiger partial charge in [0.25, 0.3) is 11.8 Å². The van der Waals surface area contributed by atoms with Gasteiger partial charge < -0.3 is 25.5 Å². The van der Waals surface area contributed by atoms with Crippen molar-refractivity contribution in [2.24, 2.45) is 0 Å². The number of benzene rings is 1. The third kappa shape index (κ3) is 4.11. The Kier molecular flexibility index (Phi) is 5.91. The predicted octanol–water partition coefficient (Wildman–Crippen LogP) is 3.21. The van der Waals surface area contributed by atoms with Gasteiger partial charge in [-0.1, -0.05) is 18.2 Å². The molecule has 0 fully saturated rings. The van der Waals surface area contributed by atoms with Crippen LogP contribution in [0.4, 0.5) is 5.69 Å². The molecule has 0 spiro atoms.